The number of carbonyl (C=O) groups is 3. The minimum absolute atomic E-state index is 0.150. The molecule has 0 saturated carbocycles. The molecule has 4 amide bonds. The van der Waals surface area contributed by atoms with Crippen molar-refractivity contribution in [3.8, 4) is 11.5 Å². The van der Waals surface area contributed by atoms with E-state index in [0.717, 1.165) is 30.6 Å². The van der Waals surface area contributed by atoms with Gasteiger partial charge in [-0.3, -0.25) is 14.5 Å². The molecule has 2 N–H and O–H groups in total. The van der Waals surface area contributed by atoms with Crippen LogP contribution in [0, 0.1) is 0 Å². The van der Waals surface area contributed by atoms with E-state index in [4.69, 9.17) is 9.47 Å². The number of nitrogens with one attached hydrogen (secondary N) is 2. The lowest BCUT2D eigenvalue weighted by molar-refractivity contribution is -0.133. The van der Waals surface area contributed by atoms with Crippen LogP contribution >= 0.6 is 0 Å². The Morgan fingerprint density at radius 2 is 1.66 bits per heavy atom. The number of carbonyl (C=O) groups excluding carboxylic acids is 3. The maximum absolute atomic E-state index is 13.3. The van der Waals surface area contributed by atoms with Gasteiger partial charge in [0.05, 0.1) is 18.1 Å². The van der Waals surface area contributed by atoms with Gasteiger partial charge in [-0.25, -0.2) is 13.2 Å². The first kappa shape index (κ1) is 26.0. The Morgan fingerprint density at radius 1 is 0.974 bits per heavy atom. The zero-order valence-corrected chi connectivity index (χ0v) is 21.9. The predicted molar refractivity (Wildman–Crippen MR) is 137 cm³/mol. The quantitative estimate of drug-likeness (QED) is 0.536. The van der Waals surface area contributed by atoms with Crippen molar-refractivity contribution in [1.82, 2.24) is 14.5 Å². The summed E-state index contributed by atoms with van der Waals surface area (Å²) >= 11 is 0. The molecule has 3 aliphatic heterocycles. The van der Waals surface area contributed by atoms with Crippen LogP contribution in [0.4, 0.5) is 10.5 Å². The van der Waals surface area contributed by atoms with Crippen molar-refractivity contribution in [2.24, 2.45) is 0 Å². The molecule has 2 saturated heterocycles. The van der Waals surface area contributed by atoms with E-state index in [0.29, 0.717) is 49.1 Å². The number of rotatable bonds is 6. The van der Waals surface area contributed by atoms with Crippen LogP contribution in [-0.2, 0) is 25.2 Å². The van der Waals surface area contributed by atoms with Gasteiger partial charge in [0, 0.05) is 25.2 Å². The van der Waals surface area contributed by atoms with E-state index in [2.05, 4.69) is 10.6 Å². The van der Waals surface area contributed by atoms with Crippen LogP contribution in [0.1, 0.15) is 38.2 Å². The number of urea groups is 1. The zero-order valence-electron chi connectivity index (χ0n) is 21.1. The second-order valence-corrected chi connectivity index (χ2v) is 11.6. The molecular formula is C26H30N4O7S. The van der Waals surface area contributed by atoms with Crippen LogP contribution in [0.2, 0.25) is 0 Å². The summed E-state index contributed by atoms with van der Waals surface area (Å²) in [6.07, 6.45) is 3.43. The minimum Gasteiger partial charge on any atom is -0.490 e. The lowest BCUT2D eigenvalue weighted by atomic mass is 9.91. The van der Waals surface area contributed by atoms with Crippen molar-refractivity contribution >= 4 is 33.6 Å². The lowest BCUT2D eigenvalue weighted by Gasteiger charge is -2.25. The molecule has 12 heteroatoms. The van der Waals surface area contributed by atoms with E-state index in [-0.39, 0.29) is 4.90 Å². The number of ether oxygens (including phenoxy) is 2. The van der Waals surface area contributed by atoms with Crippen LogP contribution in [-0.4, -0.2) is 68.3 Å². The topological polar surface area (TPSA) is 134 Å². The molecule has 2 fully saturated rings. The van der Waals surface area contributed by atoms with Crippen LogP contribution in [0.3, 0.4) is 0 Å². The molecule has 38 heavy (non-hydrogen) atoms. The number of hydrogen-bond acceptors (Lipinski definition) is 7. The number of amides is 4. The summed E-state index contributed by atoms with van der Waals surface area (Å²) < 4.78 is 38.5. The number of hydrogen-bond donors (Lipinski definition) is 2. The molecule has 11 nitrogen and oxygen atoms in total. The molecule has 0 aromatic heterocycles. The standard InChI is InChI=1S/C26H30N4O7S/c1-26(18-6-11-21-22(16-18)37-15-5-14-36-21)24(32)30(25(33)28-26)17-23(31)27-19-7-9-20(10-8-19)38(34,35)29-12-3-2-4-13-29/h6-11,16H,2-5,12-15,17H2,1H3,(H,27,31)(H,28,33)/t26-/m0/s1. The molecule has 0 aliphatic carbocycles. The first-order valence-corrected chi connectivity index (χ1v) is 14.1. The lowest BCUT2D eigenvalue weighted by Crippen LogP contribution is -2.42. The Balaban J connectivity index is 1.25. The maximum Gasteiger partial charge on any atom is 0.325 e. The van der Waals surface area contributed by atoms with Crippen molar-refractivity contribution in [3.63, 3.8) is 0 Å². The summed E-state index contributed by atoms with van der Waals surface area (Å²) in [6, 6.07) is 10.2. The number of nitrogens with zero attached hydrogens (tertiary/aromatic N) is 2. The van der Waals surface area contributed by atoms with Gasteiger partial charge in [0.1, 0.15) is 12.1 Å². The average Bonchev–Trinajstić information content (AvgIpc) is 3.07. The fraction of sp³-hybridized carbons (Fsp3) is 0.423. The number of fused-ring (bicyclic) bond motifs is 1. The highest BCUT2D eigenvalue weighted by Crippen LogP contribution is 2.36. The minimum atomic E-state index is -3.59. The SMILES string of the molecule is C[C@@]1(c2ccc3c(c2)OCCCO3)NC(=O)N(CC(=O)Nc2ccc(S(=O)(=O)N3CCCCC3)cc2)C1=O. The van der Waals surface area contributed by atoms with Gasteiger partial charge >= 0.3 is 6.03 Å². The highest BCUT2D eigenvalue weighted by molar-refractivity contribution is 7.89. The zero-order chi connectivity index (χ0) is 26.9. The van der Waals surface area contributed by atoms with Crippen molar-refractivity contribution in [2.75, 3.05) is 38.2 Å². The summed E-state index contributed by atoms with van der Waals surface area (Å²) in [5.41, 5.74) is -0.522. The molecule has 5 rings (SSSR count). The number of piperidine rings is 1. The number of benzene rings is 2. The van der Waals surface area contributed by atoms with Crippen LogP contribution < -0.4 is 20.1 Å². The monoisotopic (exact) mass is 542 g/mol. The van der Waals surface area contributed by atoms with Crippen molar-refractivity contribution in [1.29, 1.82) is 0 Å². The average molecular weight is 543 g/mol. The van der Waals surface area contributed by atoms with Gasteiger partial charge in [-0.2, -0.15) is 4.31 Å². The Morgan fingerprint density at radius 3 is 2.37 bits per heavy atom. The fourth-order valence-corrected chi connectivity index (χ4v) is 6.34. The van der Waals surface area contributed by atoms with E-state index in [1.807, 2.05) is 0 Å². The van der Waals surface area contributed by atoms with E-state index < -0.39 is 40.0 Å². The molecule has 1 atom stereocenters. The molecule has 2 aromatic rings. The van der Waals surface area contributed by atoms with Crippen LogP contribution in [0.5, 0.6) is 11.5 Å². The Bertz CT molecular complexity index is 1360. The second kappa shape index (κ2) is 10.3. The highest BCUT2D eigenvalue weighted by Gasteiger charge is 2.49. The van der Waals surface area contributed by atoms with E-state index >= 15 is 0 Å². The predicted octanol–water partition coefficient (Wildman–Crippen LogP) is 2.43. The normalized spacial score (nSPS) is 22.1. The molecule has 202 valence electrons. The first-order valence-electron chi connectivity index (χ1n) is 12.6. The van der Waals surface area contributed by atoms with Crippen molar-refractivity contribution in [3.05, 3.63) is 48.0 Å². The van der Waals surface area contributed by atoms with Crippen LogP contribution in [0.25, 0.3) is 0 Å². The van der Waals surface area contributed by atoms with Gasteiger partial charge in [0.15, 0.2) is 11.5 Å². The van der Waals surface area contributed by atoms with E-state index in [1.165, 1.54) is 28.6 Å². The van der Waals surface area contributed by atoms with Crippen molar-refractivity contribution in [2.45, 2.75) is 43.0 Å². The third kappa shape index (κ3) is 4.93. The highest BCUT2D eigenvalue weighted by atomic mass is 32.2. The maximum atomic E-state index is 13.3. The van der Waals surface area contributed by atoms with Crippen molar-refractivity contribution < 1.29 is 32.3 Å². The third-order valence-corrected chi connectivity index (χ3v) is 8.91. The molecule has 0 spiro atoms. The van der Waals surface area contributed by atoms with Gasteiger partial charge in [0.2, 0.25) is 15.9 Å². The Kier molecular flexibility index (Phi) is 7.01. The molecule has 3 aliphatic rings. The third-order valence-electron chi connectivity index (χ3n) is 6.99. The second-order valence-electron chi connectivity index (χ2n) is 9.70. The molecular weight excluding hydrogens is 512 g/mol. The summed E-state index contributed by atoms with van der Waals surface area (Å²) in [7, 11) is -3.59. The summed E-state index contributed by atoms with van der Waals surface area (Å²) in [4.78, 5) is 39.7. The Labute approximate surface area is 221 Å². The van der Waals surface area contributed by atoms with Gasteiger partial charge in [-0.05, 0) is 61.7 Å². The van der Waals surface area contributed by atoms with E-state index in [1.54, 1.807) is 25.1 Å². The van der Waals surface area contributed by atoms with E-state index in [9.17, 15) is 22.8 Å². The first-order chi connectivity index (χ1) is 18.2. The molecule has 2 aromatic carbocycles. The number of imide groups is 1. The molecule has 3 heterocycles. The van der Waals surface area contributed by atoms with Crippen LogP contribution in [0.15, 0.2) is 47.4 Å². The summed E-state index contributed by atoms with van der Waals surface area (Å²) in [5.74, 6) is -0.110. The van der Waals surface area contributed by atoms with Gasteiger partial charge < -0.3 is 20.1 Å². The van der Waals surface area contributed by atoms with Gasteiger partial charge in [0.25, 0.3) is 5.91 Å². The summed E-state index contributed by atoms with van der Waals surface area (Å²) in [6.45, 7) is 3.07. The fourth-order valence-electron chi connectivity index (χ4n) is 4.82. The molecule has 0 radical (unpaired) electrons. The molecule has 0 unspecified atom stereocenters. The smallest absolute Gasteiger partial charge is 0.325 e. The summed E-state index contributed by atoms with van der Waals surface area (Å²) in [5, 5.41) is 5.31. The molecule has 0 bridgehead atoms. The Hall–Kier alpha value is -3.64. The van der Waals surface area contributed by atoms with Gasteiger partial charge in [-0.1, -0.05) is 12.5 Å². The largest absolute Gasteiger partial charge is 0.490 e. The van der Waals surface area contributed by atoms with Gasteiger partial charge in [-0.15, -0.1) is 0 Å². The number of sulfonamides is 1. The number of anilines is 1.